The zero-order chi connectivity index (χ0) is 16.1. The monoisotopic (exact) mass is 314 g/mol. The van der Waals surface area contributed by atoms with Crippen LogP contribution in [0.4, 0.5) is 11.6 Å². The first-order valence-corrected chi connectivity index (χ1v) is 8.00. The van der Waals surface area contributed by atoms with Gasteiger partial charge in [0, 0.05) is 25.0 Å². The Morgan fingerprint density at radius 2 is 2.17 bits per heavy atom. The highest BCUT2D eigenvalue weighted by atomic mass is 16.3. The van der Waals surface area contributed by atoms with E-state index in [0.717, 1.165) is 30.3 Å². The second-order valence-electron chi connectivity index (χ2n) is 5.71. The molecule has 1 atom stereocenters. The van der Waals surface area contributed by atoms with Crippen LogP contribution in [0.25, 0.3) is 0 Å². The number of aromatic nitrogens is 4. The van der Waals surface area contributed by atoms with Crippen LogP contribution in [0.5, 0.6) is 0 Å². The molecular weight excluding hydrogens is 292 g/mol. The molecule has 2 aromatic rings. The summed E-state index contributed by atoms with van der Waals surface area (Å²) in [6.07, 6.45) is 8.35. The first kappa shape index (κ1) is 15.8. The average molecular weight is 314 g/mol. The summed E-state index contributed by atoms with van der Waals surface area (Å²) in [5.74, 6) is 2.11. The molecule has 0 aromatic carbocycles. The number of piperidine rings is 1. The van der Waals surface area contributed by atoms with Gasteiger partial charge < -0.3 is 10.4 Å². The molecule has 2 aromatic heterocycles. The summed E-state index contributed by atoms with van der Waals surface area (Å²) < 4.78 is 0. The van der Waals surface area contributed by atoms with E-state index < -0.39 is 0 Å². The summed E-state index contributed by atoms with van der Waals surface area (Å²) in [4.78, 5) is 19.6. The quantitative estimate of drug-likeness (QED) is 0.870. The second-order valence-corrected chi connectivity index (χ2v) is 5.71. The first-order valence-electron chi connectivity index (χ1n) is 8.00. The van der Waals surface area contributed by atoms with Crippen molar-refractivity contribution in [3.05, 3.63) is 36.2 Å². The summed E-state index contributed by atoms with van der Waals surface area (Å²) in [5, 5.41) is 12.5. The highest BCUT2D eigenvalue weighted by Crippen LogP contribution is 2.30. The summed E-state index contributed by atoms with van der Waals surface area (Å²) in [7, 11) is 0. The number of aliphatic hydroxyl groups excluding tert-OH is 1. The molecule has 2 N–H and O–H groups in total. The summed E-state index contributed by atoms with van der Waals surface area (Å²) in [6.45, 7) is 3.75. The summed E-state index contributed by atoms with van der Waals surface area (Å²) >= 11 is 0. The van der Waals surface area contributed by atoms with Crippen molar-refractivity contribution in [3.8, 4) is 0 Å². The number of likely N-dealkylation sites (tertiary alicyclic amines) is 1. The van der Waals surface area contributed by atoms with Crippen LogP contribution in [0.1, 0.15) is 36.8 Å². The van der Waals surface area contributed by atoms with Crippen molar-refractivity contribution in [2.45, 2.75) is 32.2 Å². The maximum atomic E-state index is 9.29. The maximum Gasteiger partial charge on any atom is 0.150 e. The van der Waals surface area contributed by atoms with Crippen LogP contribution in [-0.2, 0) is 0 Å². The maximum absolute atomic E-state index is 9.29. The van der Waals surface area contributed by atoms with E-state index in [-0.39, 0.29) is 12.6 Å². The standard InChI is InChI=1S/C16H22N6O/c1-12-19-13(14-4-2-3-7-22(14)8-9-23)10-15(20-12)21-16-11-17-5-6-18-16/h5-6,10-11,14,23H,2-4,7-9H2,1H3,(H,18,19,20,21)/t14-/m0/s1. The Hall–Kier alpha value is -2.12. The number of rotatable bonds is 5. The van der Waals surface area contributed by atoms with Gasteiger partial charge in [0.15, 0.2) is 0 Å². The first-order chi connectivity index (χ1) is 11.3. The number of aliphatic hydroxyl groups is 1. The number of hydrogen-bond acceptors (Lipinski definition) is 7. The SMILES string of the molecule is Cc1nc(Nc2cnccn2)cc([C@@H]2CCCCN2CCO)n1. The Morgan fingerprint density at radius 1 is 1.26 bits per heavy atom. The normalized spacial score (nSPS) is 18.8. The fourth-order valence-electron chi connectivity index (χ4n) is 3.04. The van der Waals surface area contributed by atoms with Crippen molar-refractivity contribution in [3.63, 3.8) is 0 Å². The Morgan fingerprint density at radius 3 is 2.96 bits per heavy atom. The lowest BCUT2D eigenvalue weighted by molar-refractivity contribution is 0.114. The molecule has 3 heterocycles. The molecule has 3 rings (SSSR count). The molecule has 0 amide bonds. The Labute approximate surface area is 135 Å². The number of anilines is 2. The number of hydrogen-bond donors (Lipinski definition) is 2. The van der Waals surface area contributed by atoms with Crippen molar-refractivity contribution in [2.75, 3.05) is 25.0 Å². The predicted molar refractivity (Wildman–Crippen MR) is 87.3 cm³/mol. The third-order valence-electron chi connectivity index (χ3n) is 4.02. The predicted octanol–water partition coefficient (Wildman–Crippen LogP) is 1.84. The molecule has 23 heavy (non-hydrogen) atoms. The van der Waals surface area contributed by atoms with Gasteiger partial charge in [0.05, 0.1) is 24.5 Å². The largest absolute Gasteiger partial charge is 0.395 e. The van der Waals surface area contributed by atoms with Gasteiger partial charge in [0.2, 0.25) is 0 Å². The van der Waals surface area contributed by atoms with Crippen LogP contribution in [0.15, 0.2) is 24.7 Å². The molecule has 1 aliphatic rings. The van der Waals surface area contributed by atoms with E-state index in [1.54, 1.807) is 18.6 Å². The fourth-order valence-corrected chi connectivity index (χ4v) is 3.04. The Balaban J connectivity index is 1.84. The van der Waals surface area contributed by atoms with Crippen molar-refractivity contribution in [1.29, 1.82) is 0 Å². The van der Waals surface area contributed by atoms with Crippen molar-refractivity contribution >= 4 is 11.6 Å². The van der Waals surface area contributed by atoms with Crippen molar-refractivity contribution < 1.29 is 5.11 Å². The van der Waals surface area contributed by atoms with Gasteiger partial charge in [0.25, 0.3) is 0 Å². The number of β-amino-alcohol motifs (C(OH)–C–C–N with tert-alkyl or cyclic N) is 1. The number of nitrogens with one attached hydrogen (secondary N) is 1. The van der Waals surface area contributed by atoms with E-state index in [9.17, 15) is 5.11 Å². The van der Waals surface area contributed by atoms with E-state index in [1.807, 2.05) is 13.0 Å². The highest BCUT2D eigenvalue weighted by molar-refractivity contribution is 5.50. The van der Waals surface area contributed by atoms with Crippen LogP contribution in [0.3, 0.4) is 0 Å². The molecule has 0 unspecified atom stereocenters. The third-order valence-corrected chi connectivity index (χ3v) is 4.02. The lowest BCUT2D eigenvalue weighted by Crippen LogP contribution is -2.36. The van der Waals surface area contributed by atoms with Gasteiger partial charge in [0.1, 0.15) is 17.5 Å². The van der Waals surface area contributed by atoms with E-state index >= 15 is 0 Å². The van der Waals surface area contributed by atoms with E-state index in [4.69, 9.17) is 0 Å². The van der Waals surface area contributed by atoms with Crippen LogP contribution >= 0.6 is 0 Å². The minimum Gasteiger partial charge on any atom is -0.395 e. The molecule has 1 fully saturated rings. The number of aryl methyl sites for hydroxylation is 1. The Kier molecular flexibility index (Phi) is 5.09. The van der Waals surface area contributed by atoms with Crippen molar-refractivity contribution in [1.82, 2.24) is 24.8 Å². The molecule has 1 aliphatic heterocycles. The van der Waals surface area contributed by atoms with Gasteiger partial charge in [-0.1, -0.05) is 6.42 Å². The van der Waals surface area contributed by atoms with Crippen LogP contribution in [-0.4, -0.2) is 49.6 Å². The highest BCUT2D eigenvalue weighted by Gasteiger charge is 2.25. The van der Waals surface area contributed by atoms with Gasteiger partial charge in [-0.2, -0.15) is 0 Å². The molecule has 7 heteroatoms. The smallest absolute Gasteiger partial charge is 0.150 e. The average Bonchev–Trinajstić information content (AvgIpc) is 2.56. The minimum absolute atomic E-state index is 0.172. The van der Waals surface area contributed by atoms with E-state index in [2.05, 4.69) is 30.2 Å². The zero-order valence-electron chi connectivity index (χ0n) is 13.3. The van der Waals surface area contributed by atoms with Crippen LogP contribution < -0.4 is 5.32 Å². The minimum atomic E-state index is 0.172. The Bertz CT molecular complexity index is 634. The lowest BCUT2D eigenvalue weighted by atomic mass is 9.99. The van der Waals surface area contributed by atoms with Gasteiger partial charge in [-0.15, -0.1) is 0 Å². The molecule has 0 spiro atoms. The van der Waals surface area contributed by atoms with E-state index in [1.165, 1.54) is 12.8 Å². The fraction of sp³-hybridized carbons (Fsp3) is 0.500. The van der Waals surface area contributed by atoms with Crippen molar-refractivity contribution in [2.24, 2.45) is 0 Å². The summed E-state index contributed by atoms with van der Waals surface area (Å²) in [5.41, 5.74) is 0.997. The molecule has 122 valence electrons. The molecule has 7 nitrogen and oxygen atoms in total. The van der Waals surface area contributed by atoms with E-state index in [0.29, 0.717) is 12.4 Å². The van der Waals surface area contributed by atoms with Gasteiger partial charge in [-0.3, -0.25) is 9.88 Å². The molecule has 0 aliphatic carbocycles. The van der Waals surface area contributed by atoms with Crippen LogP contribution in [0.2, 0.25) is 0 Å². The molecule has 1 saturated heterocycles. The molecule has 0 saturated carbocycles. The van der Waals surface area contributed by atoms with Gasteiger partial charge >= 0.3 is 0 Å². The second kappa shape index (κ2) is 7.43. The topological polar surface area (TPSA) is 87.1 Å². The number of nitrogens with zero attached hydrogens (tertiary/aromatic N) is 5. The zero-order valence-corrected chi connectivity index (χ0v) is 13.3. The third kappa shape index (κ3) is 4.00. The molecule has 0 radical (unpaired) electrons. The van der Waals surface area contributed by atoms with Crippen LogP contribution in [0, 0.1) is 6.92 Å². The summed E-state index contributed by atoms with van der Waals surface area (Å²) in [6, 6.07) is 2.21. The van der Waals surface area contributed by atoms with Gasteiger partial charge in [-0.25, -0.2) is 15.0 Å². The van der Waals surface area contributed by atoms with Gasteiger partial charge in [-0.05, 0) is 26.3 Å². The molecule has 0 bridgehead atoms. The molecular formula is C16H22N6O. The lowest BCUT2D eigenvalue weighted by Gasteiger charge is -2.35.